The third-order valence-electron chi connectivity index (χ3n) is 2.43. The van der Waals surface area contributed by atoms with Crippen LogP contribution in [0, 0.1) is 5.92 Å². The van der Waals surface area contributed by atoms with Gasteiger partial charge in [0.1, 0.15) is 6.54 Å². The van der Waals surface area contributed by atoms with Gasteiger partial charge in [0.2, 0.25) is 5.91 Å². The van der Waals surface area contributed by atoms with Crippen molar-refractivity contribution in [2.75, 3.05) is 33.7 Å². The number of likely N-dealkylation sites (N-methyl/N-ethyl adjacent to an activating group) is 1. The van der Waals surface area contributed by atoms with Crippen molar-refractivity contribution in [2.45, 2.75) is 26.7 Å². The second kappa shape index (κ2) is 8.06. The maximum atomic E-state index is 11.8. The number of carboxylic acid groups (broad SMARTS) is 1. The third-order valence-corrected chi connectivity index (χ3v) is 2.43. The molecule has 0 aliphatic carbocycles. The van der Waals surface area contributed by atoms with Crippen LogP contribution in [0.2, 0.25) is 0 Å². The number of carbonyl (C=O) groups excluding carboxylic acids is 1. The molecule has 0 spiro atoms. The van der Waals surface area contributed by atoms with Gasteiger partial charge in [-0.25, -0.2) is 0 Å². The number of carbonyl (C=O) groups is 2. The van der Waals surface area contributed by atoms with Gasteiger partial charge in [-0.15, -0.1) is 0 Å². The van der Waals surface area contributed by atoms with Crippen LogP contribution in [0.1, 0.15) is 26.7 Å². The van der Waals surface area contributed by atoms with Crippen LogP contribution in [0.3, 0.4) is 0 Å². The minimum absolute atomic E-state index is 0.0667. The van der Waals surface area contributed by atoms with E-state index in [1.807, 2.05) is 19.0 Å². The summed E-state index contributed by atoms with van der Waals surface area (Å²) in [4.78, 5) is 25.9. The number of rotatable bonds is 8. The number of amides is 1. The maximum Gasteiger partial charge on any atom is 0.323 e. The molecule has 0 fully saturated rings. The Bertz CT molecular complexity index is 252. The first-order valence-corrected chi connectivity index (χ1v) is 5.97. The highest BCUT2D eigenvalue weighted by molar-refractivity contribution is 5.81. The second-order valence-corrected chi connectivity index (χ2v) is 4.94. The highest BCUT2D eigenvalue weighted by Crippen LogP contribution is 2.06. The topological polar surface area (TPSA) is 60.9 Å². The summed E-state index contributed by atoms with van der Waals surface area (Å²) in [6.07, 6.45) is 1.23. The summed E-state index contributed by atoms with van der Waals surface area (Å²) in [6, 6.07) is 0. The van der Waals surface area contributed by atoms with Crippen LogP contribution in [0.25, 0.3) is 0 Å². The van der Waals surface area contributed by atoms with Gasteiger partial charge in [-0.1, -0.05) is 13.8 Å². The molecular weight excluding hydrogens is 220 g/mol. The fourth-order valence-electron chi connectivity index (χ4n) is 1.35. The van der Waals surface area contributed by atoms with Gasteiger partial charge in [0.15, 0.2) is 0 Å². The van der Waals surface area contributed by atoms with Crippen molar-refractivity contribution in [3.8, 4) is 0 Å². The van der Waals surface area contributed by atoms with Gasteiger partial charge in [-0.2, -0.15) is 0 Å². The molecule has 0 rings (SSSR count). The molecule has 1 N–H and O–H groups in total. The predicted octanol–water partition coefficient (Wildman–Crippen LogP) is 0.897. The molecule has 0 aliphatic rings. The molecule has 0 aromatic carbocycles. The van der Waals surface area contributed by atoms with Crippen molar-refractivity contribution in [3.05, 3.63) is 0 Å². The summed E-state index contributed by atoms with van der Waals surface area (Å²) in [5.41, 5.74) is 0. The Morgan fingerprint density at radius 3 is 2.18 bits per heavy atom. The average Bonchev–Trinajstić information content (AvgIpc) is 2.19. The lowest BCUT2D eigenvalue weighted by atomic mass is 10.1. The molecule has 0 heterocycles. The lowest BCUT2D eigenvalue weighted by molar-refractivity contribution is -0.144. The number of nitrogens with zero attached hydrogens (tertiary/aromatic N) is 2. The average molecular weight is 244 g/mol. The molecule has 0 atom stereocenters. The second-order valence-electron chi connectivity index (χ2n) is 4.94. The van der Waals surface area contributed by atoms with E-state index in [0.717, 1.165) is 6.42 Å². The van der Waals surface area contributed by atoms with Crippen LogP contribution in [0.5, 0.6) is 0 Å². The van der Waals surface area contributed by atoms with Gasteiger partial charge in [-0.3, -0.25) is 9.59 Å². The number of carboxylic acids is 1. The molecule has 0 saturated heterocycles. The van der Waals surface area contributed by atoms with Gasteiger partial charge >= 0.3 is 5.97 Å². The summed E-state index contributed by atoms with van der Waals surface area (Å²) < 4.78 is 0. The first kappa shape index (κ1) is 15.9. The Morgan fingerprint density at radius 2 is 1.76 bits per heavy atom. The lowest BCUT2D eigenvalue weighted by Crippen LogP contribution is -2.40. The van der Waals surface area contributed by atoms with Gasteiger partial charge in [0.05, 0.1) is 0 Å². The van der Waals surface area contributed by atoms with E-state index in [0.29, 0.717) is 25.4 Å². The molecule has 5 heteroatoms. The Hall–Kier alpha value is -1.10. The zero-order valence-corrected chi connectivity index (χ0v) is 11.3. The van der Waals surface area contributed by atoms with Crippen LogP contribution in [-0.2, 0) is 9.59 Å². The maximum absolute atomic E-state index is 11.8. The number of hydrogen-bond acceptors (Lipinski definition) is 3. The Kier molecular flexibility index (Phi) is 7.54. The van der Waals surface area contributed by atoms with Gasteiger partial charge in [-0.05, 0) is 26.4 Å². The van der Waals surface area contributed by atoms with E-state index in [9.17, 15) is 9.59 Å². The summed E-state index contributed by atoms with van der Waals surface area (Å²) in [5.74, 6) is -0.566. The van der Waals surface area contributed by atoms with Gasteiger partial charge in [0.25, 0.3) is 0 Å². The normalized spacial score (nSPS) is 10.9. The van der Waals surface area contributed by atoms with Crippen LogP contribution in [-0.4, -0.2) is 60.5 Å². The number of hydrogen-bond donors (Lipinski definition) is 1. The van der Waals surface area contributed by atoms with Crippen molar-refractivity contribution < 1.29 is 14.7 Å². The molecule has 1 amide bonds. The summed E-state index contributed by atoms with van der Waals surface area (Å²) in [7, 11) is 3.80. The highest BCUT2D eigenvalue weighted by atomic mass is 16.4. The molecule has 0 saturated carbocycles. The quantitative estimate of drug-likeness (QED) is 0.689. The van der Waals surface area contributed by atoms with Crippen LogP contribution >= 0.6 is 0 Å². The van der Waals surface area contributed by atoms with E-state index in [2.05, 4.69) is 13.8 Å². The molecule has 0 unspecified atom stereocenters. The van der Waals surface area contributed by atoms with E-state index in [4.69, 9.17) is 5.11 Å². The van der Waals surface area contributed by atoms with Gasteiger partial charge in [0, 0.05) is 19.5 Å². The van der Waals surface area contributed by atoms with Crippen molar-refractivity contribution in [3.63, 3.8) is 0 Å². The minimum atomic E-state index is -0.957. The summed E-state index contributed by atoms with van der Waals surface area (Å²) in [5, 5.41) is 8.77. The summed E-state index contributed by atoms with van der Waals surface area (Å²) >= 11 is 0. The lowest BCUT2D eigenvalue weighted by Gasteiger charge is -2.23. The van der Waals surface area contributed by atoms with Crippen molar-refractivity contribution in [1.82, 2.24) is 9.80 Å². The Labute approximate surface area is 103 Å². The molecule has 5 nitrogen and oxygen atoms in total. The first-order chi connectivity index (χ1) is 7.82. The molecule has 0 aromatic heterocycles. The van der Waals surface area contributed by atoms with E-state index in [1.54, 1.807) is 0 Å². The molecule has 0 bridgehead atoms. The Balaban J connectivity index is 4.24. The van der Waals surface area contributed by atoms with Crippen molar-refractivity contribution >= 4 is 11.9 Å². The number of aliphatic carboxylic acids is 1. The van der Waals surface area contributed by atoms with E-state index in [-0.39, 0.29) is 12.5 Å². The van der Waals surface area contributed by atoms with Crippen LogP contribution in [0.4, 0.5) is 0 Å². The first-order valence-electron chi connectivity index (χ1n) is 5.97. The zero-order valence-electron chi connectivity index (χ0n) is 11.3. The van der Waals surface area contributed by atoms with Crippen LogP contribution < -0.4 is 0 Å². The van der Waals surface area contributed by atoms with Crippen molar-refractivity contribution in [2.24, 2.45) is 5.92 Å². The molecule has 0 aromatic rings. The summed E-state index contributed by atoms with van der Waals surface area (Å²) in [6.45, 7) is 5.05. The zero-order chi connectivity index (χ0) is 13.4. The van der Waals surface area contributed by atoms with E-state index < -0.39 is 5.97 Å². The standard InChI is InChI=1S/C12H24N2O3/c1-10(2)5-6-11(15)14(9-12(16)17)8-7-13(3)4/h10H,5-9H2,1-4H3,(H,16,17). The monoisotopic (exact) mass is 244 g/mol. The molecule has 100 valence electrons. The predicted molar refractivity (Wildman–Crippen MR) is 66.8 cm³/mol. The SMILES string of the molecule is CC(C)CCC(=O)N(CCN(C)C)CC(=O)O. The van der Waals surface area contributed by atoms with Crippen molar-refractivity contribution in [1.29, 1.82) is 0 Å². The molecule has 17 heavy (non-hydrogen) atoms. The largest absolute Gasteiger partial charge is 0.480 e. The van der Waals surface area contributed by atoms with Crippen LogP contribution in [0.15, 0.2) is 0 Å². The third kappa shape index (κ3) is 8.68. The molecule has 0 radical (unpaired) electrons. The van der Waals surface area contributed by atoms with Gasteiger partial charge < -0.3 is 14.9 Å². The van der Waals surface area contributed by atoms with E-state index in [1.165, 1.54) is 4.90 Å². The minimum Gasteiger partial charge on any atom is -0.480 e. The van der Waals surface area contributed by atoms with E-state index >= 15 is 0 Å². The molecular formula is C12H24N2O3. The highest BCUT2D eigenvalue weighted by Gasteiger charge is 2.16. The Morgan fingerprint density at radius 1 is 1.18 bits per heavy atom. The fourth-order valence-corrected chi connectivity index (χ4v) is 1.35. The molecule has 0 aliphatic heterocycles. The smallest absolute Gasteiger partial charge is 0.323 e. The fraction of sp³-hybridized carbons (Fsp3) is 0.833.